The molecule has 0 spiro atoms. The van der Waals surface area contributed by atoms with Crippen molar-refractivity contribution in [2.45, 2.75) is 19.0 Å². The Labute approximate surface area is 132 Å². The van der Waals surface area contributed by atoms with Crippen LogP contribution in [0.15, 0.2) is 46.3 Å². The van der Waals surface area contributed by atoms with E-state index in [1.165, 1.54) is 14.9 Å². The molecule has 2 heterocycles. The molecule has 1 saturated heterocycles. The number of halogens is 1. The lowest BCUT2D eigenvalue weighted by molar-refractivity contribution is 0.193. The van der Waals surface area contributed by atoms with Gasteiger partial charge in [0, 0.05) is 41.6 Å². The van der Waals surface area contributed by atoms with Crippen molar-refractivity contribution in [3.63, 3.8) is 0 Å². The van der Waals surface area contributed by atoms with Crippen molar-refractivity contribution in [2.24, 2.45) is 0 Å². The predicted octanol–water partition coefficient (Wildman–Crippen LogP) is 3.53. The summed E-state index contributed by atoms with van der Waals surface area (Å²) in [6, 6.07) is 13.5. The van der Waals surface area contributed by atoms with Crippen molar-refractivity contribution in [1.82, 2.24) is 10.2 Å². The van der Waals surface area contributed by atoms with Gasteiger partial charge in [-0.3, -0.25) is 4.90 Å². The molecule has 1 aliphatic rings. The fraction of sp³-hybridized carbons (Fsp3) is 0.375. The smallest absolute Gasteiger partial charge is 0.0340 e. The van der Waals surface area contributed by atoms with E-state index in [0.29, 0.717) is 6.04 Å². The zero-order valence-corrected chi connectivity index (χ0v) is 13.8. The maximum atomic E-state index is 3.64. The Morgan fingerprint density at radius 3 is 2.85 bits per heavy atom. The number of nitrogens with zero attached hydrogens (tertiary/aromatic N) is 1. The highest BCUT2D eigenvalue weighted by Crippen LogP contribution is 2.24. The zero-order chi connectivity index (χ0) is 13.8. The lowest BCUT2D eigenvalue weighted by Gasteiger charge is -2.33. The van der Waals surface area contributed by atoms with Crippen molar-refractivity contribution in [3.8, 4) is 0 Å². The maximum Gasteiger partial charge on any atom is 0.0340 e. The minimum absolute atomic E-state index is 0.560. The number of benzene rings is 1. The van der Waals surface area contributed by atoms with Crippen LogP contribution in [0.2, 0.25) is 0 Å². The molecule has 0 amide bonds. The molecule has 1 aliphatic heterocycles. The van der Waals surface area contributed by atoms with Gasteiger partial charge in [0.25, 0.3) is 0 Å². The Morgan fingerprint density at radius 1 is 1.25 bits per heavy atom. The van der Waals surface area contributed by atoms with E-state index in [9.17, 15) is 0 Å². The molecule has 1 aromatic heterocycles. The van der Waals surface area contributed by atoms with Crippen molar-refractivity contribution >= 4 is 27.3 Å². The number of piperazine rings is 1. The standard InChI is InChI=1S/C16H19BrN2S/c17-15-6-9-20-16(15)12-19-8-7-18-14(11-19)10-13-4-2-1-3-5-13/h1-6,9,14,18H,7-8,10-12H2. The van der Waals surface area contributed by atoms with Crippen LogP contribution >= 0.6 is 27.3 Å². The normalized spacial score (nSPS) is 20.1. The summed E-state index contributed by atoms with van der Waals surface area (Å²) < 4.78 is 1.25. The predicted molar refractivity (Wildman–Crippen MR) is 89.2 cm³/mol. The second-order valence-electron chi connectivity index (χ2n) is 5.27. The van der Waals surface area contributed by atoms with Crippen LogP contribution in [-0.4, -0.2) is 30.6 Å². The summed E-state index contributed by atoms with van der Waals surface area (Å²) >= 11 is 5.47. The molecular formula is C16H19BrN2S. The molecule has 1 fully saturated rings. The van der Waals surface area contributed by atoms with Gasteiger partial charge in [0.15, 0.2) is 0 Å². The lowest BCUT2D eigenvalue weighted by atomic mass is 10.0. The fourth-order valence-electron chi connectivity index (χ4n) is 2.71. The van der Waals surface area contributed by atoms with E-state index < -0.39 is 0 Å². The quantitative estimate of drug-likeness (QED) is 0.907. The highest BCUT2D eigenvalue weighted by Gasteiger charge is 2.20. The van der Waals surface area contributed by atoms with Crippen LogP contribution in [0.5, 0.6) is 0 Å². The Morgan fingerprint density at radius 2 is 2.10 bits per heavy atom. The van der Waals surface area contributed by atoms with Crippen LogP contribution in [0, 0.1) is 0 Å². The summed E-state index contributed by atoms with van der Waals surface area (Å²) in [6.45, 7) is 4.40. The zero-order valence-electron chi connectivity index (χ0n) is 11.4. The van der Waals surface area contributed by atoms with Gasteiger partial charge < -0.3 is 5.32 Å². The largest absolute Gasteiger partial charge is 0.311 e. The number of rotatable bonds is 4. The molecule has 0 aliphatic carbocycles. The first kappa shape index (κ1) is 14.3. The van der Waals surface area contributed by atoms with Crippen molar-refractivity contribution in [1.29, 1.82) is 0 Å². The number of nitrogens with one attached hydrogen (secondary N) is 1. The van der Waals surface area contributed by atoms with E-state index >= 15 is 0 Å². The van der Waals surface area contributed by atoms with Crippen molar-refractivity contribution in [2.75, 3.05) is 19.6 Å². The van der Waals surface area contributed by atoms with Gasteiger partial charge in [-0.1, -0.05) is 30.3 Å². The maximum absolute atomic E-state index is 3.64. The third-order valence-corrected chi connectivity index (χ3v) is 5.63. The van der Waals surface area contributed by atoms with Crippen LogP contribution < -0.4 is 5.32 Å². The molecule has 106 valence electrons. The molecule has 0 bridgehead atoms. The molecule has 1 unspecified atom stereocenters. The SMILES string of the molecule is Brc1ccsc1CN1CCNC(Cc2ccccc2)C1. The Bertz CT molecular complexity index is 540. The minimum atomic E-state index is 0.560. The monoisotopic (exact) mass is 350 g/mol. The molecule has 3 rings (SSSR count). The molecule has 20 heavy (non-hydrogen) atoms. The van der Waals surface area contributed by atoms with Gasteiger partial charge in [0.2, 0.25) is 0 Å². The van der Waals surface area contributed by atoms with E-state index in [-0.39, 0.29) is 0 Å². The Balaban J connectivity index is 1.58. The van der Waals surface area contributed by atoms with Crippen LogP contribution in [0.4, 0.5) is 0 Å². The molecule has 2 aromatic rings. The topological polar surface area (TPSA) is 15.3 Å². The summed E-state index contributed by atoms with van der Waals surface area (Å²) in [4.78, 5) is 3.99. The molecule has 1 aromatic carbocycles. The average Bonchev–Trinajstić information content (AvgIpc) is 2.86. The molecular weight excluding hydrogens is 332 g/mol. The summed E-state index contributed by atoms with van der Waals surface area (Å²) in [6.07, 6.45) is 1.11. The van der Waals surface area contributed by atoms with Crippen LogP contribution in [-0.2, 0) is 13.0 Å². The molecule has 1 N–H and O–H groups in total. The highest BCUT2D eigenvalue weighted by atomic mass is 79.9. The van der Waals surface area contributed by atoms with Gasteiger partial charge in [-0.25, -0.2) is 0 Å². The Hall–Kier alpha value is -0.680. The minimum Gasteiger partial charge on any atom is -0.311 e. The number of thiophene rings is 1. The second kappa shape index (κ2) is 6.85. The molecule has 0 radical (unpaired) electrons. The van der Waals surface area contributed by atoms with Gasteiger partial charge in [0.05, 0.1) is 0 Å². The van der Waals surface area contributed by atoms with E-state index in [0.717, 1.165) is 32.6 Å². The lowest BCUT2D eigenvalue weighted by Crippen LogP contribution is -2.51. The first-order valence-corrected chi connectivity index (χ1v) is 8.70. The van der Waals surface area contributed by atoms with Crippen LogP contribution in [0.25, 0.3) is 0 Å². The van der Waals surface area contributed by atoms with Crippen LogP contribution in [0.1, 0.15) is 10.4 Å². The molecule has 0 saturated carbocycles. The average molecular weight is 351 g/mol. The first-order valence-electron chi connectivity index (χ1n) is 7.03. The van der Waals surface area contributed by atoms with Gasteiger partial charge in [0.1, 0.15) is 0 Å². The van der Waals surface area contributed by atoms with Crippen molar-refractivity contribution < 1.29 is 0 Å². The van der Waals surface area contributed by atoms with Crippen LogP contribution in [0.3, 0.4) is 0 Å². The highest BCUT2D eigenvalue weighted by molar-refractivity contribution is 9.10. The summed E-state index contributed by atoms with van der Waals surface area (Å²) in [7, 11) is 0. The molecule has 1 atom stereocenters. The van der Waals surface area contributed by atoms with Gasteiger partial charge >= 0.3 is 0 Å². The summed E-state index contributed by atoms with van der Waals surface area (Å²) in [5.74, 6) is 0. The van der Waals surface area contributed by atoms with E-state index in [1.807, 2.05) is 11.3 Å². The third kappa shape index (κ3) is 3.70. The van der Waals surface area contributed by atoms with Gasteiger partial charge in [-0.2, -0.15) is 0 Å². The third-order valence-electron chi connectivity index (χ3n) is 3.72. The molecule has 2 nitrogen and oxygen atoms in total. The second-order valence-corrected chi connectivity index (χ2v) is 7.12. The molecule has 4 heteroatoms. The summed E-state index contributed by atoms with van der Waals surface area (Å²) in [5.41, 5.74) is 1.42. The Kier molecular flexibility index (Phi) is 4.89. The fourth-order valence-corrected chi connectivity index (χ4v) is 4.23. The number of hydrogen-bond acceptors (Lipinski definition) is 3. The number of hydrogen-bond donors (Lipinski definition) is 1. The van der Waals surface area contributed by atoms with E-state index in [4.69, 9.17) is 0 Å². The van der Waals surface area contributed by atoms with Gasteiger partial charge in [-0.15, -0.1) is 11.3 Å². The van der Waals surface area contributed by atoms with E-state index in [2.05, 4.69) is 67.9 Å². The summed E-state index contributed by atoms with van der Waals surface area (Å²) in [5, 5.41) is 5.80. The van der Waals surface area contributed by atoms with E-state index in [1.54, 1.807) is 0 Å². The van der Waals surface area contributed by atoms with Gasteiger partial charge in [-0.05, 0) is 39.4 Å². The van der Waals surface area contributed by atoms with Crippen molar-refractivity contribution in [3.05, 3.63) is 56.7 Å². The first-order chi connectivity index (χ1) is 9.81.